The van der Waals surface area contributed by atoms with Gasteiger partial charge in [0, 0.05) is 30.4 Å². The molecule has 0 aromatic carbocycles. The summed E-state index contributed by atoms with van der Waals surface area (Å²) in [6.07, 6.45) is 2.46. The molecule has 6 nitrogen and oxygen atoms in total. The van der Waals surface area contributed by atoms with Crippen LogP contribution in [0, 0.1) is 0 Å². The zero-order chi connectivity index (χ0) is 15.4. The van der Waals surface area contributed by atoms with Gasteiger partial charge in [0.2, 0.25) is 0 Å². The van der Waals surface area contributed by atoms with Crippen LogP contribution in [0.25, 0.3) is 0 Å². The first-order valence-corrected chi connectivity index (χ1v) is 7.08. The molecule has 0 aliphatic heterocycles. The minimum absolute atomic E-state index is 0.161. The fourth-order valence-electron chi connectivity index (χ4n) is 2.04. The molecule has 0 unspecified atom stereocenters. The molecule has 2 heterocycles. The lowest BCUT2D eigenvalue weighted by Crippen LogP contribution is -2.17. The molecule has 0 saturated heterocycles. The molecule has 2 rings (SSSR count). The minimum atomic E-state index is -0.161. The second-order valence-corrected chi connectivity index (χ2v) is 5.04. The highest BCUT2D eigenvalue weighted by Crippen LogP contribution is 2.16. The first kappa shape index (κ1) is 15.0. The third-order valence-corrected chi connectivity index (χ3v) is 3.16. The van der Waals surface area contributed by atoms with Crippen LogP contribution in [0.3, 0.4) is 0 Å². The van der Waals surface area contributed by atoms with Gasteiger partial charge in [-0.1, -0.05) is 6.92 Å². The quantitative estimate of drug-likeness (QED) is 0.887. The molecule has 112 valence electrons. The number of aryl methyl sites for hydroxylation is 1. The molecule has 0 aliphatic carbocycles. The van der Waals surface area contributed by atoms with Crippen LogP contribution in [-0.4, -0.2) is 27.7 Å². The van der Waals surface area contributed by atoms with E-state index >= 15 is 0 Å². The van der Waals surface area contributed by atoms with Crippen LogP contribution in [0.4, 0.5) is 11.6 Å². The summed E-state index contributed by atoms with van der Waals surface area (Å²) in [6.45, 7) is 6.05. The van der Waals surface area contributed by atoms with Crippen molar-refractivity contribution in [3.8, 4) is 0 Å². The van der Waals surface area contributed by atoms with Crippen LogP contribution in [0.1, 0.15) is 42.9 Å². The van der Waals surface area contributed by atoms with Crippen molar-refractivity contribution in [2.45, 2.75) is 33.2 Å². The number of anilines is 2. The van der Waals surface area contributed by atoms with Crippen LogP contribution in [0.15, 0.2) is 24.4 Å². The van der Waals surface area contributed by atoms with Gasteiger partial charge in [0.1, 0.15) is 11.6 Å². The van der Waals surface area contributed by atoms with Crippen molar-refractivity contribution in [3.63, 3.8) is 0 Å². The van der Waals surface area contributed by atoms with Crippen molar-refractivity contribution >= 4 is 17.5 Å². The summed E-state index contributed by atoms with van der Waals surface area (Å²) in [5.74, 6) is 1.22. The van der Waals surface area contributed by atoms with Gasteiger partial charge in [0.05, 0.1) is 6.20 Å². The maximum Gasteiger partial charge on any atom is 0.257 e. The number of carbonyl (C=O) groups excluding carboxylic acids is 1. The molecular formula is C15H21N5O. The zero-order valence-corrected chi connectivity index (χ0v) is 12.8. The Bertz CT molecular complexity index is 610. The highest BCUT2D eigenvalue weighted by molar-refractivity contribution is 6.04. The van der Waals surface area contributed by atoms with Crippen LogP contribution in [-0.2, 0) is 6.42 Å². The number of carbonyl (C=O) groups is 1. The van der Waals surface area contributed by atoms with E-state index in [2.05, 4.69) is 20.7 Å². The molecule has 0 atom stereocenters. The highest BCUT2D eigenvalue weighted by Gasteiger charge is 2.13. The molecule has 0 saturated carbocycles. The van der Waals surface area contributed by atoms with Crippen molar-refractivity contribution in [2.75, 3.05) is 17.7 Å². The van der Waals surface area contributed by atoms with E-state index in [0.29, 0.717) is 17.2 Å². The summed E-state index contributed by atoms with van der Waals surface area (Å²) < 4.78 is 1.78. The van der Waals surface area contributed by atoms with E-state index in [9.17, 15) is 4.79 Å². The second-order valence-electron chi connectivity index (χ2n) is 5.04. The average Bonchev–Trinajstić information content (AvgIpc) is 2.94. The minimum Gasteiger partial charge on any atom is -0.373 e. The number of aromatic nitrogens is 3. The molecule has 0 aliphatic rings. The van der Waals surface area contributed by atoms with Gasteiger partial charge < -0.3 is 10.6 Å². The first-order chi connectivity index (χ1) is 10.0. The molecule has 21 heavy (non-hydrogen) atoms. The molecular weight excluding hydrogens is 266 g/mol. The maximum absolute atomic E-state index is 12.4. The number of hydrogen-bond donors (Lipinski definition) is 2. The number of nitrogens with one attached hydrogen (secondary N) is 2. The first-order valence-electron chi connectivity index (χ1n) is 7.08. The summed E-state index contributed by atoms with van der Waals surface area (Å²) in [5, 5.41) is 10.1. The van der Waals surface area contributed by atoms with Gasteiger partial charge in [-0.2, -0.15) is 5.10 Å². The fraction of sp³-hybridized carbons (Fsp3) is 0.400. The Labute approximate surface area is 124 Å². The van der Waals surface area contributed by atoms with Gasteiger partial charge in [0.15, 0.2) is 0 Å². The lowest BCUT2D eigenvalue weighted by molar-refractivity contribution is 0.102. The van der Waals surface area contributed by atoms with Gasteiger partial charge in [-0.3, -0.25) is 4.79 Å². The molecule has 2 aromatic heterocycles. The smallest absolute Gasteiger partial charge is 0.257 e. The van der Waals surface area contributed by atoms with E-state index < -0.39 is 0 Å². The summed E-state index contributed by atoms with van der Waals surface area (Å²) in [5.41, 5.74) is 1.46. The maximum atomic E-state index is 12.4. The van der Waals surface area contributed by atoms with Crippen LogP contribution in [0.2, 0.25) is 0 Å². The average molecular weight is 287 g/mol. The molecule has 1 amide bonds. The van der Waals surface area contributed by atoms with Gasteiger partial charge in [-0.05, 0) is 32.4 Å². The van der Waals surface area contributed by atoms with E-state index in [1.807, 2.05) is 26.8 Å². The molecule has 2 aromatic rings. The van der Waals surface area contributed by atoms with Crippen LogP contribution < -0.4 is 10.6 Å². The zero-order valence-electron chi connectivity index (χ0n) is 12.8. The van der Waals surface area contributed by atoms with E-state index in [1.165, 1.54) is 0 Å². The van der Waals surface area contributed by atoms with E-state index in [4.69, 9.17) is 0 Å². The highest BCUT2D eigenvalue weighted by atomic mass is 16.1. The van der Waals surface area contributed by atoms with Gasteiger partial charge in [0.25, 0.3) is 5.91 Å². The van der Waals surface area contributed by atoms with E-state index in [1.54, 1.807) is 30.1 Å². The Kier molecular flexibility index (Phi) is 4.57. The van der Waals surface area contributed by atoms with E-state index in [0.717, 1.165) is 12.1 Å². The number of amides is 1. The summed E-state index contributed by atoms with van der Waals surface area (Å²) >= 11 is 0. The Balaban J connectivity index is 2.26. The Hall–Kier alpha value is -2.37. The molecule has 0 fully saturated rings. The number of nitrogens with zero attached hydrogens (tertiary/aromatic N) is 3. The van der Waals surface area contributed by atoms with Gasteiger partial charge in [-0.25, -0.2) is 9.67 Å². The van der Waals surface area contributed by atoms with Crippen LogP contribution in [0.5, 0.6) is 0 Å². The third-order valence-electron chi connectivity index (χ3n) is 3.16. The largest absolute Gasteiger partial charge is 0.373 e. The topological polar surface area (TPSA) is 71.8 Å². The Morgan fingerprint density at radius 2 is 2.14 bits per heavy atom. The molecule has 0 spiro atoms. The van der Waals surface area contributed by atoms with Crippen molar-refractivity contribution in [2.24, 2.45) is 0 Å². The predicted molar refractivity (Wildman–Crippen MR) is 83.7 cm³/mol. The molecule has 0 bridgehead atoms. The standard InChI is InChI=1S/C15H21N5O/c1-5-12-8-11(9-13(16-4)18-12)15(21)19-14-6-7-17-20(14)10(2)3/h6-10H,5H2,1-4H3,(H,16,18)(H,19,21). The second kappa shape index (κ2) is 6.39. The summed E-state index contributed by atoms with van der Waals surface area (Å²) in [7, 11) is 1.79. The summed E-state index contributed by atoms with van der Waals surface area (Å²) in [4.78, 5) is 16.8. The number of rotatable bonds is 5. The lowest BCUT2D eigenvalue weighted by atomic mass is 10.2. The number of pyridine rings is 1. The lowest BCUT2D eigenvalue weighted by Gasteiger charge is -2.12. The van der Waals surface area contributed by atoms with Crippen molar-refractivity contribution in [1.82, 2.24) is 14.8 Å². The monoisotopic (exact) mass is 287 g/mol. The Morgan fingerprint density at radius 1 is 1.38 bits per heavy atom. The summed E-state index contributed by atoms with van der Waals surface area (Å²) in [6, 6.07) is 5.53. The SMILES string of the molecule is CCc1cc(C(=O)Nc2ccnn2C(C)C)cc(NC)n1. The van der Waals surface area contributed by atoms with Crippen molar-refractivity contribution < 1.29 is 4.79 Å². The Morgan fingerprint density at radius 3 is 2.76 bits per heavy atom. The van der Waals surface area contributed by atoms with E-state index in [-0.39, 0.29) is 11.9 Å². The predicted octanol–water partition coefficient (Wildman–Crippen LogP) is 2.72. The number of hydrogen-bond acceptors (Lipinski definition) is 4. The van der Waals surface area contributed by atoms with Gasteiger partial charge >= 0.3 is 0 Å². The molecule has 0 radical (unpaired) electrons. The van der Waals surface area contributed by atoms with Crippen molar-refractivity contribution in [1.29, 1.82) is 0 Å². The van der Waals surface area contributed by atoms with Gasteiger partial charge in [-0.15, -0.1) is 0 Å². The normalized spacial score (nSPS) is 10.7. The third kappa shape index (κ3) is 3.39. The fourth-order valence-corrected chi connectivity index (χ4v) is 2.04. The molecule has 6 heteroatoms. The van der Waals surface area contributed by atoms with Crippen LogP contribution >= 0.6 is 0 Å². The van der Waals surface area contributed by atoms with Crippen molar-refractivity contribution in [3.05, 3.63) is 35.7 Å². The molecule has 2 N–H and O–H groups in total.